The minimum atomic E-state index is 0.132. The molecule has 1 amide bonds. The van der Waals surface area contributed by atoms with Gasteiger partial charge in [0, 0.05) is 19.5 Å². The summed E-state index contributed by atoms with van der Waals surface area (Å²) < 4.78 is 0. The topological polar surface area (TPSA) is 32.3 Å². The molecule has 1 aromatic rings. The summed E-state index contributed by atoms with van der Waals surface area (Å²) in [5.74, 6) is 0.132. The molecule has 1 aromatic carbocycles. The van der Waals surface area contributed by atoms with Gasteiger partial charge in [0.1, 0.15) is 0 Å². The second-order valence-electron chi connectivity index (χ2n) is 4.53. The molecule has 0 aliphatic heterocycles. The van der Waals surface area contributed by atoms with E-state index in [1.165, 1.54) is 11.1 Å². The number of amides is 1. The second-order valence-corrected chi connectivity index (χ2v) is 4.53. The predicted octanol–water partition coefficient (Wildman–Crippen LogP) is 2.16. The molecule has 94 valence electrons. The number of carbonyl (C=O) groups excluding carboxylic acids is 1. The van der Waals surface area contributed by atoms with Crippen LogP contribution in [0.4, 0.5) is 0 Å². The fourth-order valence-electron chi connectivity index (χ4n) is 1.73. The Morgan fingerprint density at radius 2 is 1.88 bits per heavy atom. The van der Waals surface area contributed by atoms with E-state index in [-0.39, 0.29) is 5.91 Å². The summed E-state index contributed by atoms with van der Waals surface area (Å²) in [6, 6.07) is 8.24. The van der Waals surface area contributed by atoms with Crippen molar-refractivity contribution in [2.75, 3.05) is 14.1 Å². The Kier molecular flexibility index (Phi) is 5.70. The molecule has 0 saturated heterocycles. The largest absolute Gasteiger partial charge is 0.352 e. The van der Waals surface area contributed by atoms with Crippen LogP contribution in [0.2, 0.25) is 0 Å². The molecule has 0 aliphatic carbocycles. The Balaban J connectivity index is 2.60. The van der Waals surface area contributed by atoms with Crippen LogP contribution in [0.5, 0.6) is 0 Å². The normalized spacial score (nSPS) is 10.6. The summed E-state index contributed by atoms with van der Waals surface area (Å²) in [6.07, 6.45) is 1.50. The monoisotopic (exact) mass is 234 g/mol. The van der Waals surface area contributed by atoms with Crippen molar-refractivity contribution >= 4 is 5.91 Å². The fraction of sp³-hybridized carbons (Fsp3) is 0.500. The van der Waals surface area contributed by atoms with Crippen molar-refractivity contribution in [2.45, 2.75) is 32.9 Å². The Hall–Kier alpha value is -1.35. The highest BCUT2D eigenvalue weighted by molar-refractivity contribution is 5.75. The van der Waals surface area contributed by atoms with E-state index in [9.17, 15) is 4.79 Å². The van der Waals surface area contributed by atoms with Gasteiger partial charge >= 0.3 is 0 Å². The van der Waals surface area contributed by atoms with Crippen LogP contribution in [0, 0.1) is 0 Å². The predicted molar refractivity (Wildman–Crippen MR) is 70.6 cm³/mol. The lowest BCUT2D eigenvalue weighted by atomic mass is 10.1. The first-order valence-electron chi connectivity index (χ1n) is 6.11. The molecule has 0 atom stereocenters. The molecule has 0 aromatic heterocycles. The van der Waals surface area contributed by atoms with Crippen LogP contribution in [-0.2, 0) is 17.9 Å². The van der Waals surface area contributed by atoms with Crippen LogP contribution in [0.1, 0.15) is 30.9 Å². The van der Waals surface area contributed by atoms with Crippen LogP contribution in [0.15, 0.2) is 24.3 Å². The van der Waals surface area contributed by atoms with E-state index in [2.05, 4.69) is 22.3 Å². The van der Waals surface area contributed by atoms with E-state index in [0.29, 0.717) is 13.0 Å². The smallest absolute Gasteiger partial charge is 0.220 e. The summed E-state index contributed by atoms with van der Waals surface area (Å²) in [4.78, 5) is 13.6. The molecule has 0 fully saturated rings. The maximum Gasteiger partial charge on any atom is 0.220 e. The van der Waals surface area contributed by atoms with Gasteiger partial charge in [0.25, 0.3) is 0 Å². The van der Waals surface area contributed by atoms with Crippen molar-refractivity contribution in [1.82, 2.24) is 10.2 Å². The SMILES string of the molecule is CCCC(=O)NCc1ccccc1CN(C)C. The maximum absolute atomic E-state index is 11.4. The van der Waals surface area contributed by atoms with Gasteiger partial charge < -0.3 is 10.2 Å². The fourth-order valence-corrected chi connectivity index (χ4v) is 1.73. The highest BCUT2D eigenvalue weighted by Crippen LogP contribution is 2.10. The Labute approximate surface area is 104 Å². The first-order chi connectivity index (χ1) is 8.13. The van der Waals surface area contributed by atoms with Crippen LogP contribution >= 0.6 is 0 Å². The van der Waals surface area contributed by atoms with Crippen molar-refractivity contribution in [3.63, 3.8) is 0 Å². The van der Waals surface area contributed by atoms with Crippen LogP contribution in [0.25, 0.3) is 0 Å². The number of nitrogens with zero attached hydrogens (tertiary/aromatic N) is 1. The second kappa shape index (κ2) is 7.07. The van der Waals surface area contributed by atoms with Crippen molar-refractivity contribution in [2.24, 2.45) is 0 Å². The molecule has 3 nitrogen and oxygen atoms in total. The lowest BCUT2D eigenvalue weighted by Gasteiger charge is -2.14. The van der Waals surface area contributed by atoms with Crippen molar-refractivity contribution in [1.29, 1.82) is 0 Å². The quantitative estimate of drug-likeness (QED) is 0.818. The highest BCUT2D eigenvalue weighted by atomic mass is 16.1. The van der Waals surface area contributed by atoms with E-state index < -0.39 is 0 Å². The van der Waals surface area contributed by atoms with E-state index in [0.717, 1.165) is 13.0 Å². The molecule has 3 heteroatoms. The first-order valence-corrected chi connectivity index (χ1v) is 6.11. The molecule has 0 saturated carbocycles. The molecule has 0 radical (unpaired) electrons. The third-order valence-corrected chi connectivity index (χ3v) is 2.56. The van der Waals surface area contributed by atoms with Crippen molar-refractivity contribution in [3.05, 3.63) is 35.4 Å². The highest BCUT2D eigenvalue weighted by Gasteiger charge is 2.04. The Bertz CT molecular complexity index is 361. The molecule has 0 spiro atoms. The van der Waals surface area contributed by atoms with E-state index in [1.807, 2.05) is 33.2 Å². The Morgan fingerprint density at radius 1 is 1.24 bits per heavy atom. The van der Waals surface area contributed by atoms with Gasteiger partial charge in [-0.3, -0.25) is 4.79 Å². The van der Waals surface area contributed by atoms with Gasteiger partial charge in [-0.05, 0) is 31.6 Å². The number of hydrogen-bond acceptors (Lipinski definition) is 2. The van der Waals surface area contributed by atoms with Gasteiger partial charge in [-0.25, -0.2) is 0 Å². The number of hydrogen-bond donors (Lipinski definition) is 1. The molecular weight excluding hydrogens is 212 g/mol. The van der Waals surface area contributed by atoms with Crippen molar-refractivity contribution < 1.29 is 4.79 Å². The van der Waals surface area contributed by atoms with Gasteiger partial charge in [0.15, 0.2) is 0 Å². The number of rotatable bonds is 6. The molecule has 1 rings (SSSR count). The van der Waals surface area contributed by atoms with Crippen LogP contribution in [0.3, 0.4) is 0 Å². The average molecular weight is 234 g/mol. The van der Waals surface area contributed by atoms with Gasteiger partial charge in [-0.1, -0.05) is 31.2 Å². The molecule has 0 unspecified atom stereocenters. The minimum absolute atomic E-state index is 0.132. The van der Waals surface area contributed by atoms with E-state index in [4.69, 9.17) is 0 Å². The summed E-state index contributed by atoms with van der Waals surface area (Å²) in [5.41, 5.74) is 2.47. The third kappa shape index (κ3) is 5.00. The lowest BCUT2D eigenvalue weighted by molar-refractivity contribution is -0.121. The first kappa shape index (κ1) is 13.7. The zero-order valence-corrected chi connectivity index (χ0v) is 11.0. The summed E-state index contributed by atoms with van der Waals surface area (Å²) in [7, 11) is 4.10. The van der Waals surface area contributed by atoms with Gasteiger partial charge in [0.2, 0.25) is 5.91 Å². The molecule has 0 bridgehead atoms. The standard InChI is InChI=1S/C14H22N2O/c1-4-7-14(17)15-10-12-8-5-6-9-13(12)11-16(2)3/h5-6,8-9H,4,7,10-11H2,1-3H3,(H,15,17). The van der Waals surface area contributed by atoms with Crippen LogP contribution in [-0.4, -0.2) is 24.9 Å². The number of carbonyl (C=O) groups is 1. The zero-order valence-electron chi connectivity index (χ0n) is 11.0. The van der Waals surface area contributed by atoms with E-state index in [1.54, 1.807) is 0 Å². The third-order valence-electron chi connectivity index (χ3n) is 2.56. The maximum atomic E-state index is 11.4. The van der Waals surface area contributed by atoms with Crippen molar-refractivity contribution in [3.8, 4) is 0 Å². The summed E-state index contributed by atoms with van der Waals surface area (Å²) in [6.45, 7) is 3.54. The van der Waals surface area contributed by atoms with Gasteiger partial charge in [-0.2, -0.15) is 0 Å². The van der Waals surface area contributed by atoms with E-state index >= 15 is 0 Å². The van der Waals surface area contributed by atoms with Gasteiger partial charge in [0.05, 0.1) is 0 Å². The van der Waals surface area contributed by atoms with Gasteiger partial charge in [-0.15, -0.1) is 0 Å². The average Bonchev–Trinajstić information content (AvgIpc) is 2.27. The number of nitrogens with one attached hydrogen (secondary N) is 1. The van der Waals surface area contributed by atoms with Crippen LogP contribution < -0.4 is 5.32 Å². The Morgan fingerprint density at radius 3 is 2.47 bits per heavy atom. The molecule has 0 heterocycles. The molecular formula is C14H22N2O. The summed E-state index contributed by atoms with van der Waals surface area (Å²) >= 11 is 0. The lowest BCUT2D eigenvalue weighted by Crippen LogP contribution is -2.23. The molecule has 17 heavy (non-hydrogen) atoms. The number of benzene rings is 1. The molecule has 0 aliphatic rings. The molecule has 1 N–H and O–H groups in total. The minimum Gasteiger partial charge on any atom is -0.352 e. The zero-order chi connectivity index (χ0) is 12.7. The summed E-state index contributed by atoms with van der Waals surface area (Å²) in [5, 5.41) is 2.96.